The van der Waals surface area contributed by atoms with E-state index in [-0.39, 0.29) is 0 Å². The van der Waals surface area contributed by atoms with Crippen LogP contribution in [0.25, 0.3) is 90.9 Å². The molecule has 3 N–H and O–H groups in total. The third-order valence-electron chi connectivity index (χ3n) is 9.21. The highest BCUT2D eigenvalue weighted by molar-refractivity contribution is 5.99. The second kappa shape index (κ2) is 13.0. The minimum atomic E-state index is 0.494. The number of fused-ring (bicyclic) bond motifs is 8. The molecular weight excluding hydrogens is 649 g/mol. The fourth-order valence-electron chi connectivity index (χ4n) is 6.84. The average molecular weight is 679 g/mol. The number of aromatic nitrogens is 7. The Morgan fingerprint density at radius 1 is 0.442 bits per heavy atom. The summed E-state index contributed by atoms with van der Waals surface area (Å²) in [6.45, 7) is 0. The average Bonchev–Trinajstić information content (AvgIpc) is 4.04. The van der Waals surface area contributed by atoms with Crippen molar-refractivity contribution in [3.05, 3.63) is 145 Å². The normalized spacial score (nSPS) is 12.0. The molecule has 9 rings (SSSR count). The van der Waals surface area contributed by atoms with E-state index in [1.165, 1.54) is 7.11 Å². The van der Waals surface area contributed by atoms with Crippen molar-refractivity contribution >= 4 is 52.1 Å². The van der Waals surface area contributed by atoms with E-state index in [2.05, 4.69) is 67.4 Å². The monoisotopic (exact) mass is 678 g/mol. The first-order valence-corrected chi connectivity index (χ1v) is 16.7. The molecular formula is C42H30N8O2. The maximum atomic E-state index is 10.2. The molecule has 250 valence electrons. The molecule has 6 aromatic heterocycles. The number of hydrogen-bond acceptors (Lipinski definition) is 8. The Balaban J connectivity index is 1.44. The van der Waals surface area contributed by atoms with Gasteiger partial charge in [-0.1, -0.05) is 12.1 Å². The van der Waals surface area contributed by atoms with Gasteiger partial charge in [0.25, 0.3) is 0 Å². The largest absolute Gasteiger partial charge is 0.354 e. The highest BCUT2D eigenvalue weighted by Crippen LogP contribution is 2.38. The number of nitrogens with one attached hydrogen (secondary N) is 2. The summed E-state index contributed by atoms with van der Waals surface area (Å²) in [5.74, 6) is 0. The first-order chi connectivity index (χ1) is 25.6. The zero-order valence-electron chi connectivity index (χ0n) is 27.9. The minimum absolute atomic E-state index is 0.494. The predicted molar refractivity (Wildman–Crippen MR) is 205 cm³/mol. The van der Waals surface area contributed by atoms with Gasteiger partial charge >= 0.3 is 0 Å². The molecule has 10 nitrogen and oxygen atoms in total. The smallest absolute Gasteiger partial charge is 0.0945 e. The highest BCUT2D eigenvalue weighted by Gasteiger charge is 2.19. The van der Waals surface area contributed by atoms with Crippen molar-refractivity contribution in [2.45, 2.75) is 0 Å². The number of pyridine rings is 3. The number of aromatic amines is 2. The molecule has 2 aliphatic rings. The lowest BCUT2D eigenvalue weighted by Gasteiger charge is -2.13. The lowest BCUT2D eigenvalue weighted by molar-refractivity contribution is -0.0109. The van der Waals surface area contributed by atoms with E-state index in [9.17, 15) is 5.21 Å². The van der Waals surface area contributed by atoms with E-state index < -0.39 is 0 Å². The Labute approximate surface area is 298 Å². The van der Waals surface area contributed by atoms with Crippen molar-refractivity contribution in [2.24, 2.45) is 0 Å². The number of hydrogen-bond donors (Lipinski definition) is 3. The van der Waals surface area contributed by atoms with Gasteiger partial charge in [-0.05, 0) is 119 Å². The third-order valence-corrected chi connectivity index (χ3v) is 9.21. The third kappa shape index (κ3) is 5.54. The van der Waals surface area contributed by atoms with Crippen LogP contribution in [0.15, 0.2) is 122 Å². The van der Waals surface area contributed by atoms with E-state index in [1.807, 2.05) is 54.6 Å². The summed E-state index contributed by atoms with van der Waals surface area (Å²) in [5.41, 5.74) is 14.8. The van der Waals surface area contributed by atoms with E-state index in [0.717, 1.165) is 94.6 Å². The van der Waals surface area contributed by atoms with Crippen LogP contribution in [-0.4, -0.2) is 47.2 Å². The van der Waals surface area contributed by atoms with E-state index >= 15 is 0 Å². The summed E-state index contributed by atoms with van der Waals surface area (Å²) in [7, 11) is 1.41. The van der Waals surface area contributed by atoms with Gasteiger partial charge < -0.3 is 9.97 Å². The number of anilines is 1. The minimum Gasteiger partial charge on any atom is -0.354 e. The molecule has 0 fully saturated rings. The Morgan fingerprint density at radius 3 is 1.06 bits per heavy atom. The Bertz CT molecular complexity index is 2630. The van der Waals surface area contributed by atoms with Crippen molar-refractivity contribution in [3.8, 4) is 44.5 Å². The molecule has 1 aromatic carbocycles. The maximum Gasteiger partial charge on any atom is 0.0945 e. The van der Waals surface area contributed by atoms with E-state index in [0.29, 0.717) is 5.69 Å². The van der Waals surface area contributed by atoms with Crippen LogP contribution in [0.2, 0.25) is 0 Å². The van der Waals surface area contributed by atoms with Crippen LogP contribution in [0, 0.1) is 0 Å². The molecule has 0 unspecified atom stereocenters. The lowest BCUT2D eigenvalue weighted by Crippen LogP contribution is -2.15. The van der Waals surface area contributed by atoms with Crippen molar-refractivity contribution in [3.63, 3.8) is 0 Å². The molecule has 0 spiro atoms. The molecule has 0 aliphatic carbocycles. The van der Waals surface area contributed by atoms with Crippen molar-refractivity contribution in [1.29, 1.82) is 0 Å². The summed E-state index contributed by atoms with van der Waals surface area (Å²) in [6.07, 6.45) is 19.0. The van der Waals surface area contributed by atoms with Gasteiger partial charge in [-0.3, -0.25) is 25.0 Å². The van der Waals surface area contributed by atoms with Crippen LogP contribution < -0.4 is 5.23 Å². The zero-order chi connectivity index (χ0) is 35.0. The van der Waals surface area contributed by atoms with Crippen LogP contribution in [0.4, 0.5) is 5.69 Å². The fraction of sp³-hybridized carbons (Fsp3) is 0.0238. The summed E-state index contributed by atoms with van der Waals surface area (Å²) in [4.78, 5) is 35.9. The Kier molecular flexibility index (Phi) is 7.77. The van der Waals surface area contributed by atoms with E-state index in [1.54, 1.807) is 49.3 Å². The van der Waals surface area contributed by atoms with Gasteiger partial charge in [0.05, 0.1) is 35.6 Å². The van der Waals surface area contributed by atoms with Gasteiger partial charge in [0.2, 0.25) is 0 Å². The van der Waals surface area contributed by atoms with Crippen molar-refractivity contribution in [2.75, 3.05) is 12.3 Å². The van der Waals surface area contributed by atoms with Crippen LogP contribution in [0.1, 0.15) is 22.8 Å². The molecule has 0 saturated carbocycles. The van der Waals surface area contributed by atoms with Gasteiger partial charge in [0.1, 0.15) is 0 Å². The quantitative estimate of drug-likeness (QED) is 0.149. The topological polar surface area (TPSA) is 129 Å². The lowest BCUT2D eigenvalue weighted by atomic mass is 10.0. The summed E-state index contributed by atoms with van der Waals surface area (Å²) >= 11 is 0. The maximum absolute atomic E-state index is 10.2. The molecule has 10 heteroatoms. The number of H-pyrrole nitrogens is 2. The van der Waals surface area contributed by atoms with E-state index in [4.69, 9.17) is 14.8 Å². The molecule has 0 saturated heterocycles. The standard InChI is InChI=1S/C42H30N8O2/c1-52-50(51)30-4-2-26(3-5-30)39-31-6-8-33(46-31)40(27-14-20-43-21-15-27)35-10-12-37(48-35)42(29-18-24-45-25-19-29)38-13-11-36(49-38)41(28-16-22-44-23-17-28)34-9-7-32(39)47-34/h2-25,46,49,51H,1H3. The van der Waals surface area contributed by atoms with Crippen LogP contribution in [0.3, 0.4) is 0 Å². The van der Waals surface area contributed by atoms with Crippen LogP contribution in [-0.2, 0) is 4.84 Å². The van der Waals surface area contributed by atoms with Gasteiger partial charge in [-0.2, -0.15) is 0 Å². The SMILES string of the molecule is CON(O)c1ccc(-c2c3nc(c(-c4ccncc4)c4ccc([nH]4)c(-c4ccncc4)c4nc(c(-c5ccncc5)c5ccc2[nH]5)C=C4)C=C3)cc1. The highest BCUT2D eigenvalue weighted by atomic mass is 16.9. The van der Waals surface area contributed by atoms with Gasteiger partial charge in [-0.15, -0.1) is 5.23 Å². The molecule has 0 radical (unpaired) electrons. The van der Waals surface area contributed by atoms with Crippen molar-refractivity contribution < 1.29 is 10.0 Å². The van der Waals surface area contributed by atoms with Crippen molar-refractivity contribution in [1.82, 2.24) is 34.9 Å². The van der Waals surface area contributed by atoms with Gasteiger partial charge in [0, 0.05) is 81.5 Å². The second-order valence-corrected chi connectivity index (χ2v) is 12.2. The Hall–Kier alpha value is -7.01. The molecule has 52 heavy (non-hydrogen) atoms. The second-order valence-electron chi connectivity index (χ2n) is 12.2. The molecule has 7 aromatic rings. The first kappa shape index (κ1) is 31.0. The predicted octanol–water partition coefficient (Wildman–Crippen LogP) is 9.27. The summed E-state index contributed by atoms with van der Waals surface area (Å²) in [5, 5.41) is 10.9. The van der Waals surface area contributed by atoms with Crippen LogP contribution in [0.5, 0.6) is 0 Å². The molecule has 0 amide bonds. The molecule has 8 heterocycles. The number of rotatable bonds is 6. The molecule has 2 aliphatic heterocycles. The molecule has 0 atom stereocenters. The first-order valence-electron chi connectivity index (χ1n) is 16.7. The fourth-order valence-corrected chi connectivity index (χ4v) is 6.84. The summed E-state index contributed by atoms with van der Waals surface area (Å²) in [6, 6.07) is 27.8. The Morgan fingerprint density at radius 2 is 0.750 bits per heavy atom. The summed E-state index contributed by atoms with van der Waals surface area (Å²) < 4.78 is 0. The number of nitrogens with zero attached hydrogens (tertiary/aromatic N) is 6. The number of benzene rings is 1. The van der Waals surface area contributed by atoms with Gasteiger partial charge in [0.15, 0.2) is 0 Å². The molecule has 8 bridgehead atoms. The van der Waals surface area contributed by atoms with Crippen LogP contribution >= 0.6 is 0 Å². The van der Waals surface area contributed by atoms with Gasteiger partial charge in [-0.25, -0.2) is 9.97 Å². The zero-order valence-corrected chi connectivity index (χ0v) is 27.9.